The average Bonchev–Trinajstić information content (AvgIpc) is 2.41. The summed E-state index contributed by atoms with van der Waals surface area (Å²) in [6, 6.07) is 0. The molecule has 0 unspecified atom stereocenters. The molecule has 1 nitrogen and oxygen atoms in total. The Morgan fingerprint density at radius 3 is 2.27 bits per heavy atom. The van der Waals surface area contributed by atoms with Crippen LogP contribution in [0.2, 0.25) is 0 Å². The maximum atomic E-state index is 2.59. The van der Waals surface area contributed by atoms with Gasteiger partial charge in [-0.2, -0.15) is 0 Å². The van der Waals surface area contributed by atoms with E-state index in [0.29, 0.717) is 0 Å². The lowest BCUT2D eigenvalue weighted by molar-refractivity contribution is 0.329. The van der Waals surface area contributed by atoms with Gasteiger partial charge in [0.05, 0.1) is 0 Å². The highest BCUT2D eigenvalue weighted by molar-refractivity contribution is 4.65. The molecule has 68 valence electrons. The van der Waals surface area contributed by atoms with Crippen molar-refractivity contribution in [3.63, 3.8) is 0 Å². The molecule has 0 aromatic heterocycles. The molecule has 1 saturated heterocycles. The third-order valence-corrected chi connectivity index (χ3v) is 2.28. The van der Waals surface area contributed by atoms with Crippen molar-refractivity contribution in [2.45, 2.75) is 39.0 Å². The molecule has 0 bridgehead atoms. The molecule has 11 heavy (non-hydrogen) atoms. The summed E-state index contributed by atoms with van der Waals surface area (Å²) < 4.78 is 0. The second-order valence-corrected chi connectivity index (χ2v) is 3.26. The second-order valence-electron chi connectivity index (χ2n) is 3.26. The standard InChI is InChI=1S/C9H19N.FH/c1-2-3-4-7-10-8-5-6-9-10;/h2-9H2,1H3;1H. The Balaban J connectivity index is 0.000001000. The fraction of sp³-hybridized carbons (Fsp3) is 1.00. The van der Waals surface area contributed by atoms with E-state index in [1.54, 1.807) is 0 Å². The molecule has 0 spiro atoms. The lowest BCUT2D eigenvalue weighted by Gasteiger charge is -2.12. The van der Waals surface area contributed by atoms with Crippen molar-refractivity contribution in [3.8, 4) is 0 Å². The Morgan fingerprint density at radius 1 is 1.09 bits per heavy atom. The number of hydrogen-bond acceptors (Lipinski definition) is 1. The molecule has 0 saturated carbocycles. The van der Waals surface area contributed by atoms with Gasteiger partial charge in [0, 0.05) is 0 Å². The van der Waals surface area contributed by atoms with Gasteiger partial charge in [-0.05, 0) is 38.9 Å². The third-order valence-electron chi connectivity index (χ3n) is 2.28. The minimum Gasteiger partial charge on any atom is -0.303 e. The summed E-state index contributed by atoms with van der Waals surface area (Å²) >= 11 is 0. The first-order chi connectivity index (χ1) is 4.93. The van der Waals surface area contributed by atoms with E-state index in [2.05, 4.69) is 11.8 Å². The van der Waals surface area contributed by atoms with Crippen LogP contribution in [0.15, 0.2) is 0 Å². The molecule has 0 radical (unpaired) electrons. The lowest BCUT2D eigenvalue weighted by Crippen LogP contribution is -2.20. The molecule has 1 aliphatic heterocycles. The summed E-state index contributed by atoms with van der Waals surface area (Å²) in [5.41, 5.74) is 0. The van der Waals surface area contributed by atoms with Crippen molar-refractivity contribution in [2.24, 2.45) is 0 Å². The highest BCUT2D eigenvalue weighted by Crippen LogP contribution is 2.08. The van der Waals surface area contributed by atoms with Crippen molar-refractivity contribution >= 4 is 0 Å². The molecule has 2 heteroatoms. The number of likely N-dealkylation sites (tertiary alicyclic amines) is 1. The normalized spacial score (nSPS) is 18.3. The molecule has 0 aliphatic carbocycles. The van der Waals surface area contributed by atoms with Gasteiger partial charge < -0.3 is 4.90 Å². The summed E-state index contributed by atoms with van der Waals surface area (Å²) in [7, 11) is 0. The van der Waals surface area contributed by atoms with Crippen LogP contribution in [0.3, 0.4) is 0 Å². The van der Waals surface area contributed by atoms with E-state index in [9.17, 15) is 0 Å². The van der Waals surface area contributed by atoms with Crippen LogP contribution in [0, 0.1) is 0 Å². The predicted molar refractivity (Wildman–Crippen MR) is 47.7 cm³/mol. The minimum absolute atomic E-state index is 0. The van der Waals surface area contributed by atoms with Gasteiger partial charge in [0.15, 0.2) is 0 Å². The number of rotatable bonds is 4. The molecule has 1 fully saturated rings. The van der Waals surface area contributed by atoms with Crippen molar-refractivity contribution < 1.29 is 4.70 Å². The predicted octanol–water partition coefficient (Wildman–Crippen LogP) is 2.42. The van der Waals surface area contributed by atoms with Crippen LogP contribution in [0.1, 0.15) is 39.0 Å². The van der Waals surface area contributed by atoms with Crippen molar-refractivity contribution in [1.82, 2.24) is 4.90 Å². The first kappa shape index (κ1) is 10.9. The molecular weight excluding hydrogens is 141 g/mol. The first-order valence-corrected chi connectivity index (χ1v) is 4.66. The average molecular weight is 161 g/mol. The molecule has 1 heterocycles. The van der Waals surface area contributed by atoms with Crippen LogP contribution < -0.4 is 0 Å². The second kappa shape index (κ2) is 6.59. The van der Waals surface area contributed by atoms with Crippen LogP contribution >= 0.6 is 0 Å². The van der Waals surface area contributed by atoms with Crippen molar-refractivity contribution in [1.29, 1.82) is 0 Å². The van der Waals surface area contributed by atoms with Crippen LogP contribution in [0.4, 0.5) is 4.70 Å². The number of unbranched alkanes of at least 4 members (excludes halogenated alkanes) is 2. The van der Waals surface area contributed by atoms with Gasteiger partial charge >= 0.3 is 0 Å². The minimum atomic E-state index is 0. The van der Waals surface area contributed by atoms with E-state index < -0.39 is 0 Å². The third kappa shape index (κ3) is 4.35. The van der Waals surface area contributed by atoms with Crippen LogP contribution in [0.25, 0.3) is 0 Å². The highest BCUT2D eigenvalue weighted by atomic mass is 19.0. The first-order valence-electron chi connectivity index (χ1n) is 4.66. The van der Waals surface area contributed by atoms with Crippen LogP contribution in [0.5, 0.6) is 0 Å². The molecule has 1 aliphatic rings. The Labute approximate surface area is 69.1 Å². The zero-order valence-corrected chi connectivity index (χ0v) is 7.51. The fourth-order valence-electron chi connectivity index (χ4n) is 1.59. The van der Waals surface area contributed by atoms with E-state index in [-0.39, 0.29) is 4.70 Å². The molecule has 0 atom stereocenters. The SMILES string of the molecule is CCCCCN1CCCC1.F. The van der Waals surface area contributed by atoms with Crippen molar-refractivity contribution in [3.05, 3.63) is 0 Å². The zero-order chi connectivity index (χ0) is 7.23. The number of nitrogens with zero attached hydrogens (tertiary/aromatic N) is 1. The topological polar surface area (TPSA) is 3.24 Å². The summed E-state index contributed by atoms with van der Waals surface area (Å²) in [4.78, 5) is 2.59. The maximum Gasteiger partial charge on any atom is -0.00183 e. The smallest absolute Gasteiger partial charge is 0.00183 e. The monoisotopic (exact) mass is 161 g/mol. The van der Waals surface area contributed by atoms with E-state index in [4.69, 9.17) is 0 Å². The van der Waals surface area contributed by atoms with Gasteiger partial charge in [-0.3, -0.25) is 4.70 Å². The molecule has 0 aromatic rings. The molecule has 0 amide bonds. The van der Waals surface area contributed by atoms with Gasteiger partial charge in [-0.25, -0.2) is 0 Å². The van der Waals surface area contributed by atoms with Crippen LogP contribution in [-0.4, -0.2) is 24.5 Å². The van der Waals surface area contributed by atoms with Gasteiger partial charge in [-0.15, -0.1) is 0 Å². The maximum absolute atomic E-state index is 2.59. The zero-order valence-electron chi connectivity index (χ0n) is 7.51. The highest BCUT2D eigenvalue weighted by Gasteiger charge is 2.09. The summed E-state index contributed by atoms with van der Waals surface area (Å²) in [5.74, 6) is 0. The summed E-state index contributed by atoms with van der Waals surface area (Å²) in [6.07, 6.45) is 7.05. The summed E-state index contributed by atoms with van der Waals surface area (Å²) in [6.45, 7) is 6.35. The Hall–Kier alpha value is -0.110. The quantitative estimate of drug-likeness (QED) is 0.572. The Morgan fingerprint density at radius 2 is 1.73 bits per heavy atom. The molecular formula is C9H20FN. The largest absolute Gasteiger partial charge is 0.303 e. The summed E-state index contributed by atoms with van der Waals surface area (Å²) in [5, 5.41) is 0. The van der Waals surface area contributed by atoms with E-state index >= 15 is 0 Å². The molecule has 0 N–H and O–H groups in total. The molecule has 1 rings (SSSR count). The lowest BCUT2D eigenvalue weighted by atomic mass is 10.2. The van der Waals surface area contributed by atoms with Gasteiger partial charge in [0.2, 0.25) is 0 Å². The Bertz CT molecular complexity index is 79.6. The van der Waals surface area contributed by atoms with Gasteiger partial charge in [0.1, 0.15) is 0 Å². The molecule has 0 aromatic carbocycles. The van der Waals surface area contributed by atoms with Gasteiger partial charge in [0.25, 0.3) is 0 Å². The fourth-order valence-corrected chi connectivity index (χ4v) is 1.59. The van der Waals surface area contributed by atoms with E-state index in [1.165, 1.54) is 51.7 Å². The van der Waals surface area contributed by atoms with E-state index in [1.807, 2.05) is 0 Å². The van der Waals surface area contributed by atoms with Crippen molar-refractivity contribution in [2.75, 3.05) is 19.6 Å². The van der Waals surface area contributed by atoms with Gasteiger partial charge in [-0.1, -0.05) is 19.8 Å². The Kier molecular flexibility index (Phi) is 6.52. The van der Waals surface area contributed by atoms with Crippen LogP contribution in [-0.2, 0) is 0 Å². The van der Waals surface area contributed by atoms with E-state index in [0.717, 1.165) is 0 Å². The number of halogens is 1. The number of hydrogen-bond donors (Lipinski definition) is 0.